The Labute approximate surface area is 113 Å². The largest absolute Gasteiger partial charge is 0.391 e. The number of anilines is 1. The third-order valence-corrected chi connectivity index (χ3v) is 3.53. The second-order valence-corrected chi connectivity index (χ2v) is 5.10. The van der Waals surface area contributed by atoms with Crippen LogP contribution in [0.4, 0.5) is 5.82 Å². The first kappa shape index (κ1) is 12.2. The van der Waals surface area contributed by atoms with Crippen molar-refractivity contribution in [3.05, 3.63) is 48.2 Å². The minimum Gasteiger partial charge on any atom is -0.391 e. The molecule has 0 bridgehead atoms. The molecule has 1 aromatic carbocycles. The minimum atomic E-state index is -0.215. The summed E-state index contributed by atoms with van der Waals surface area (Å²) in [5, 5.41) is 14.3. The molecular formula is C15H19N3O. The molecule has 1 saturated heterocycles. The Morgan fingerprint density at radius 2 is 2.05 bits per heavy atom. The van der Waals surface area contributed by atoms with Gasteiger partial charge in [0.05, 0.1) is 12.6 Å². The summed E-state index contributed by atoms with van der Waals surface area (Å²) in [5.41, 5.74) is 1.25. The van der Waals surface area contributed by atoms with Gasteiger partial charge in [0, 0.05) is 25.4 Å². The van der Waals surface area contributed by atoms with Crippen LogP contribution < -0.4 is 4.90 Å². The molecular weight excluding hydrogens is 238 g/mol. The fourth-order valence-corrected chi connectivity index (χ4v) is 2.54. The zero-order valence-electron chi connectivity index (χ0n) is 10.9. The first-order chi connectivity index (χ1) is 9.31. The topological polar surface area (TPSA) is 41.3 Å². The van der Waals surface area contributed by atoms with Gasteiger partial charge >= 0.3 is 0 Å². The number of β-amino-alcohol motifs (C(OH)–C–C–N with tert-alkyl or cyclic N) is 1. The Morgan fingerprint density at radius 3 is 2.84 bits per heavy atom. The molecule has 0 radical (unpaired) electrons. The predicted molar refractivity (Wildman–Crippen MR) is 75.2 cm³/mol. The number of piperidine rings is 1. The smallest absolute Gasteiger partial charge is 0.150 e. The molecule has 100 valence electrons. The average Bonchev–Trinajstić information content (AvgIpc) is 2.88. The number of hydrogen-bond acceptors (Lipinski definition) is 3. The maximum atomic E-state index is 9.71. The van der Waals surface area contributed by atoms with Crippen molar-refractivity contribution in [2.75, 3.05) is 18.0 Å². The van der Waals surface area contributed by atoms with Crippen LogP contribution in [-0.4, -0.2) is 34.1 Å². The number of rotatable bonds is 3. The van der Waals surface area contributed by atoms with E-state index in [1.165, 1.54) is 5.56 Å². The van der Waals surface area contributed by atoms with E-state index in [0.717, 1.165) is 31.7 Å². The van der Waals surface area contributed by atoms with Gasteiger partial charge < -0.3 is 10.0 Å². The third-order valence-electron chi connectivity index (χ3n) is 3.53. The summed E-state index contributed by atoms with van der Waals surface area (Å²) >= 11 is 0. The minimum absolute atomic E-state index is 0.215. The SMILES string of the molecule is O[C@@H]1CCCN(c2ccn(Cc3ccccc3)n2)C1. The van der Waals surface area contributed by atoms with Gasteiger partial charge in [-0.05, 0) is 18.4 Å². The van der Waals surface area contributed by atoms with E-state index in [9.17, 15) is 5.11 Å². The van der Waals surface area contributed by atoms with Crippen molar-refractivity contribution >= 4 is 5.82 Å². The highest BCUT2D eigenvalue weighted by Crippen LogP contribution is 2.18. The molecule has 1 N–H and O–H groups in total. The third kappa shape index (κ3) is 2.96. The summed E-state index contributed by atoms with van der Waals surface area (Å²) in [6, 6.07) is 12.3. The highest BCUT2D eigenvalue weighted by Gasteiger charge is 2.19. The Balaban J connectivity index is 1.69. The van der Waals surface area contributed by atoms with E-state index in [2.05, 4.69) is 22.1 Å². The van der Waals surface area contributed by atoms with Gasteiger partial charge in [-0.15, -0.1) is 0 Å². The molecule has 3 rings (SSSR count). The lowest BCUT2D eigenvalue weighted by molar-refractivity contribution is 0.154. The van der Waals surface area contributed by atoms with E-state index < -0.39 is 0 Å². The fourth-order valence-electron chi connectivity index (χ4n) is 2.54. The van der Waals surface area contributed by atoms with Crippen molar-refractivity contribution in [1.82, 2.24) is 9.78 Å². The molecule has 1 aromatic heterocycles. The monoisotopic (exact) mass is 257 g/mol. The molecule has 1 fully saturated rings. The fraction of sp³-hybridized carbons (Fsp3) is 0.400. The van der Waals surface area contributed by atoms with Gasteiger partial charge in [0.1, 0.15) is 0 Å². The Morgan fingerprint density at radius 1 is 1.21 bits per heavy atom. The van der Waals surface area contributed by atoms with Gasteiger partial charge in [0.25, 0.3) is 0 Å². The van der Waals surface area contributed by atoms with Crippen LogP contribution in [-0.2, 0) is 6.54 Å². The summed E-state index contributed by atoms with van der Waals surface area (Å²) in [6.45, 7) is 2.47. The van der Waals surface area contributed by atoms with Gasteiger partial charge in [-0.3, -0.25) is 4.68 Å². The Hall–Kier alpha value is -1.81. The van der Waals surface area contributed by atoms with E-state index in [1.54, 1.807) is 0 Å². The molecule has 0 saturated carbocycles. The van der Waals surface area contributed by atoms with Crippen molar-refractivity contribution in [2.24, 2.45) is 0 Å². The second-order valence-electron chi connectivity index (χ2n) is 5.10. The lowest BCUT2D eigenvalue weighted by atomic mass is 10.1. The highest BCUT2D eigenvalue weighted by atomic mass is 16.3. The molecule has 2 heterocycles. The summed E-state index contributed by atoms with van der Waals surface area (Å²) in [5.74, 6) is 0.967. The van der Waals surface area contributed by atoms with E-state index in [-0.39, 0.29) is 6.10 Å². The van der Waals surface area contributed by atoms with Crippen molar-refractivity contribution in [2.45, 2.75) is 25.5 Å². The summed E-state index contributed by atoms with van der Waals surface area (Å²) < 4.78 is 1.95. The van der Waals surface area contributed by atoms with Gasteiger partial charge in [-0.2, -0.15) is 5.10 Å². The van der Waals surface area contributed by atoms with Crippen molar-refractivity contribution in [3.63, 3.8) is 0 Å². The molecule has 19 heavy (non-hydrogen) atoms. The quantitative estimate of drug-likeness (QED) is 0.913. The van der Waals surface area contributed by atoms with Crippen LogP contribution >= 0.6 is 0 Å². The molecule has 0 amide bonds. The number of benzene rings is 1. The molecule has 4 nitrogen and oxygen atoms in total. The Kier molecular flexibility index (Phi) is 3.51. The van der Waals surface area contributed by atoms with Crippen molar-refractivity contribution in [1.29, 1.82) is 0 Å². The maximum absolute atomic E-state index is 9.71. The van der Waals surface area contributed by atoms with Crippen LogP contribution in [0.5, 0.6) is 0 Å². The van der Waals surface area contributed by atoms with E-state index >= 15 is 0 Å². The van der Waals surface area contributed by atoms with Crippen molar-refractivity contribution < 1.29 is 5.11 Å². The van der Waals surface area contributed by atoms with Crippen LogP contribution in [0.1, 0.15) is 18.4 Å². The van der Waals surface area contributed by atoms with Crippen molar-refractivity contribution in [3.8, 4) is 0 Å². The molecule has 1 aliphatic rings. The number of aromatic nitrogens is 2. The maximum Gasteiger partial charge on any atom is 0.150 e. The first-order valence-electron chi connectivity index (χ1n) is 6.82. The van der Waals surface area contributed by atoms with Gasteiger partial charge in [-0.25, -0.2) is 0 Å². The normalized spacial score (nSPS) is 19.6. The van der Waals surface area contributed by atoms with E-state index in [1.807, 2.05) is 35.1 Å². The first-order valence-corrected chi connectivity index (χ1v) is 6.82. The van der Waals surface area contributed by atoms with Gasteiger partial charge in [0.15, 0.2) is 5.82 Å². The van der Waals surface area contributed by atoms with Gasteiger partial charge in [-0.1, -0.05) is 30.3 Å². The van der Waals surface area contributed by atoms with E-state index in [4.69, 9.17) is 0 Å². The van der Waals surface area contributed by atoms with Crippen LogP contribution in [0.3, 0.4) is 0 Å². The zero-order valence-corrected chi connectivity index (χ0v) is 10.9. The summed E-state index contributed by atoms with van der Waals surface area (Å²) in [4.78, 5) is 2.16. The van der Waals surface area contributed by atoms with Crippen LogP contribution in [0.2, 0.25) is 0 Å². The summed E-state index contributed by atoms with van der Waals surface area (Å²) in [7, 11) is 0. The highest BCUT2D eigenvalue weighted by molar-refractivity contribution is 5.37. The molecule has 0 spiro atoms. The molecule has 0 aliphatic carbocycles. The summed E-state index contributed by atoms with van der Waals surface area (Å²) in [6.07, 6.45) is 3.73. The Bertz CT molecular complexity index is 523. The number of nitrogens with zero attached hydrogens (tertiary/aromatic N) is 3. The number of aliphatic hydroxyl groups is 1. The van der Waals surface area contributed by atoms with Gasteiger partial charge in [0.2, 0.25) is 0 Å². The standard InChI is InChI=1S/C15H19N3O/c19-14-7-4-9-17(12-14)15-8-10-18(16-15)11-13-5-2-1-3-6-13/h1-3,5-6,8,10,14,19H,4,7,9,11-12H2/t14-/m1/s1. The lowest BCUT2D eigenvalue weighted by Crippen LogP contribution is -2.38. The molecule has 2 aromatic rings. The molecule has 0 unspecified atom stereocenters. The molecule has 4 heteroatoms. The van der Waals surface area contributed by atoms with Crippen LogP contribution in [0.25, 0.3) is 0 Å². The average molecular weight is 257 g/mol. The second kappa shape index (κ2) is 5.45. The molecule has 1 aliphatic heterocycles. The van der Waals surface area contributed by atoms with Crippen LogP contribution in [0.15, 0.2) is 42.6 Å². The predicted octanol–water partition coefficient (Wildman–Crippen LogP) is 1.89. The zero-order chi connectivity index (χ0) is 13.1. The lowest BCUT2D eigenvalue weighted by Gasteiger charge is -2.29. The number of hydrogen-bond donors (Lipinski definition) is 1. The van der Waals surface area contributed by atoms with Crippen LogP contribution in [0, 0.1) is 0 Å². The number of aliphatic hydroxyl groups excluding tert-OH is 1. The van der Waals surface area contributed by atoms with E-state index in [0.29, 0.717) is 6.54 Å². The molecule has 1 atom stereocenters.